The number of nitrogens with one attached hydrogen (secondary N) is 2. The Labute approximate surface area is 211 Å². The molecule has 1 aliphatic rings. The normalized spacial score (nSPS) is 14.6. The molecule has 0 spiro atoms. The van der Waals surface area contributed by atoms with Crippen molar-refractivity contribution in [3.63, 3.8) is 0 Å². The molecule has 0 saturated carbocycles. The van der Waals surface area contributed by atoms with Crippen molar-refractivity contribution in [3.05, 3.63) is 90.1 Å². The van der Waals surface area contributed by atoms with Gasteiger partial charge in [-0.05, 0) is 35.9 Å². The first-order valence-corrected chi connectivity index (χ1v) is 11.7. The van der Waals surface area contributed by atoms with Crippen molar-refractivity contribution in [2.45, 2.75) is 12.5 Å². The number of pyridine rings is 1. The number of carbonyl (C=O) groups is 2. The van der Waals surface area contributed by atoms with Crippen LogP contribution in [-0.4, -0.2) is 53.2 Å². The molecule has 1 aliphatic heterocycles. The van der Waals surface area contributed by atoms with E-state index >= 15 is 0 Å². The number of halogens is 1. The standard InChI is InChI=1S/C27H24FN5O4/c1-29-27(35)22-8-6-17(12-23(22)28)21-4-2-3-5-24(21)36-16-20-13-19(32-37-20)14-31-26(34)18-7-9-25-30-10-11-33(25)15-18/h2-12,15,20H,13-14,16H2,1H3,(H,29,35)(H,31,34). The number of benzene rings is 2. The topological polar surface area (TPSA) is 106 Å². The lowest BCUT2D eigenvalue weighted by Crippen LogP contribution is -2.30. The van der Waals surface area contributed by atoms with Gasteiger partial charge in [-0.15, -0.1) is 0 Å². The molecule has 0 aliphatic carbocycles. The van der Waals surface area contributed by atoms with Gasteiger partial charge < -0.3 is 24.6 Å². The molecule has 2 amide bonds. The van der Waals surface area contributed by atoms with Gasteiger partial charge in [-0.1, -0.05) is 29.4 Å². The number of imidazole rings is 1. The summed E-state index contributed by atoms with van der Waals surface area (Å²) in [6, 6.07) is 15.2. The van der Waals surface area contributed by atoms with Crippen LogP contribution in [0, 0.1) is 5.82 Å². The van der Waals surface area contributed by atoms with E-state index in [1.165, 1.54) is 19.2 Å². The van der Waals surface area contributed by atoms with Crippen LogP contribution in [0.4, 0.5) is 4.39 Å². The second-order valence-electron chi connectivity index (χ2n) is 8.46. The summed E-state index contributed by atoms with van der Waals surface area (Å²) in [4.78, 5) is 34.0. The Hall–Kier alpha value is -4.73. The van der Waals surface area contributed by atoms with Gasteiger partial charge in [-0.2, -0.15) is 0 Å². The van der Waals surface area contributed by atoms with E-state index in [2.05, 4.69) is 20.8 Å². The maximum Gasteiger partial charge on any atom is 0.253 e. The quantitative estimate of drug-likeness (QED) is 0.385. The van der Waals surface area contributed by atoms with E-state index in [-0.39, 0.29) is 30.7 Å². The number of para-hydroxylation sites is 1. The molecular weight excluding hydrogens is 477 g/mol. The average Bonchev–Trinajstić information content (AvgIpc) is 3.59. The summed E-state index contributed by atoms with van der Waals surface area (Å²) in [5.41, 5.74) is 3.23. The third-order valence-corrected chi connectivity index (χ3v) is 5.96. The van der Waals surface area contributed by atoms with Crippen molar-refractivity contribution in [1.82, 2.24) is 20.0 Å². The van der Waals surface area contributed by atoms with Gasteiger partial charge in [0.1, 0.15) is 23.8 Å². The molecule has 9 nitrogen and oxygen atoms in total. The molecule has 2 aromatic heterocycles. The molecule has 0 fully saturated rings. The first kappa shape index (κ1) is 24.0. The zero-order valence-corrected chi connectivity index (χ0v) is 20.0. The number of nitrogens with zero attached hydrogens (tertiary/aromatic N) is 3. The fourth-order valence-electron chi connectivity index (χ4n) is 4.03. The molecule has 188 valence electrons. The smallest absolute Gasteiger partial charge is 0.253 e. The molecule has 2 N–H and O–H groups in total. The molecule has 3 heterocycles. The number of hydrogen-bond donors (Lipinski definition) is 2. The van der Waals surface area contributed by atoms with Crippen LogP contribution in [0.25, 0.3) is 16.8 Å². The van der Waals surface area contributed by atoms with Gasteiger partial charge in [0.25, 0.3) is 11.8 Å². The van der Waals surface area contributed by atoms with Gasteiger partial charge in [-0.3, -0.25) is 9.59 Å². The number of rotatable bonds is 8. The zero-order chi connectivity index (χ0) is 25.8. The summed E-state index contributed by atoms with van der Waals surface area (Å²) in [7, 11) is 1.45. The van der Waals surface area contributed by atoms with Crippen LogP contribution in [0.3, 0.4) is 0 Å². The number of oxime groups is 1. The van der Waals surface area contributed by atoms with Crippen LogP contribution in [0.15, 0.2) is 78.3 Å². The second-order valence-corrected chi connectivity index (χ2v) is 8.46. The number of ether oxygens (including phenoxy) is 1. The highest BCUT2D eigenvalue weighted by Gasteiger charge is 2.23. The van der Waals surface area contributed by atoms with E-state index in [1.54, 1.807) is 47.3 Å². The van der Waals surface area contributed by atoms with E-state index in [0.717, 1.165) is 5.65 Å². The largest absolute Gasteiger partial charge is 0.489 e. The Bertz CT molecular complexity index is 1500. The van der Waals surface area contributed by atoms with Gasteiger partial charge >= 0.3 is 0 Å². The molecular formula is C27H24FN5O4. The number of fused-ring (bicyclic) bond motifs is 1. The van der Waals surface area contributed by atoms with E-state index in [1.807, 2.05) is 18.2 Å². The third-order valence-electron chi connectivity index (χ3n) is 5.96. The maximum absolute atomic E-state index is 14.5. The summed E-state index contributed by atoms with van der Waals surface area (Å²) in [5, 5.41) is 9.36. The van der Waals surface area contributed by atoms with Gasteiger partial charge in [0.15, 0.2) is 6.10 Å². The molecule has 37 heavy (non-hydrogen) atoms. The summed E-state index contributed by atoms with van der Waals surface area (Å²) < 4.78 is 22.3. The Balaban J connectivity index is 1.16. The lowest BCUT2D eigenvalue weighted by atomic mass is 10.0. The number of hydrogen-bond acceptors (Lipinski definition) is 6. The van der Waals surface area contributed by atoms with Crippen molar-refractivity contribution in [2.75, 3.05) is 20.2 Å². The van der Waals surface area contributed by atoms with Crippen molar-refractivity contribution in [1.29, 1.82) is 0 Å². The number of amides is 2. The number of carbonyl (C=O) groups excluding carboxylic acids is 2. The van der Waals surface area contributed by atoms with Crippen molar-refractivity contribution >= 4 is 23.2 Å². The predicted molar refractivity (Wildman–Crippen MR) is 135 cm³/mol. The fourth-order valence-corrected chi connectivity index (χ4v) is 4.03. The van der Waals surface area contributed by atoms with Crippen LogP contribution >= 0.6 is 0 Å². The fraction of sp³-hybridized carbons (Fsp3) is 0.185. The highest BCUT2D eigenvalue weighted by Crippen LogP contribution is 2.31. The summed E-state index contributed by atoms with van der Waals surface area (Å²) in [5.74, 6) is -0.773. The van der Waals surface area contributed by atoms with Crippen LogP contribution in [0.2, 0.25) is 0 Å². The predicted octanol–water partition coefficient (Wildman–Crippen LogP) is 3.45. The molecule has 0 bridgehead atoms. The summed E-state index contributed by atoms with van der Waals surface area (Å²) >= 11 is 0. The van der Waals surface area contributed by atoms with Gasteiger partial charge in [-0.25, -0.2) is 9.37 Å². The van der Waals surface area contributed by atoms with E-state index in [4.69, 9.17) is 9.57 Å². The van der Waals surface area contributed by atoms with Crippen LogP contribution in [0.1, 0.15) is 27.1 Å². The number of aromatic nitrogens is 2. The SMILES string of the molecule is CNC(=O)c1ccc(-c2ccccc2OCC2CC(CNC(=O)c3ccc4nccn4c3)=NO2)cc1F. The second kappa shape index (κ2) is 10.5. The van der Waals surface area contributed by atoms with Crippen molar-refractivity contribution in [3.8, 4) is 16.9 Å². The van der Waals surface area contributed by atoms with Gasteiger partial charge in [0.05, 0.1) is 23.4 Å². The first-order chi connectivity index (χ1) is 18.0. The molecule has 0 radical (unpaired) electrons. The van der Waals surface area contributed by atoms with Crippen LogP contribution in [-0.2, 0) is 4.84 Å². The minimum absolute atomic E-state index is 0.0250. The van der Waals surface area contributed by atoms with Crippen molar-refractivity contribution < 1.29 is 23.6 Å². The summed E-state index contributed by atoms with van der Waals surface area (Å²) in [6.45, 7) is 0.471. The van der Waals surface area contributed by atoms with E-state index in [0.29, 0.717) is 34.6 Å². The Morgan fingerprint density at radius 3 is 2.86 bits per heavy atom. The highest BCUT2D eigenvalue weighted by molar-refractivity contribution is 5.98. The Morgan fingerprint density at radius 1 is 1.16 bits per heavy atom. The molecule has 10 heteroatoms. The highest BCUT2D eigenvalue weighted by atomic mass is 19.1. The van der Waals surface area contributed by atoms with Gasteiger partial charge in [0.2, 0.25) is 0 Å². The molecule has 2 aromatic carbocycles. The molecule has 1 atom stereocenters. The molecule has 1 unspecified atom stereocenters. The lowest BCUT2D eigenvalue weighted by Gasteiger charge is -2.14. The molecule has 0 saturated heterocycles. The minimum atomic E-state index is -0.615. The molecule has 4 aromatic rings. The van der Waals surface area contributed by atoms with Gasteiger partial charge in [0, 0.05) is 37.6 Å². The Kier molecular flexibility index (Phi) is 6.80. The zero-order valence-electron chi connectivity index (χ0n) is 20.0. The molecule has 5 rings (SSSR count). The Morgan fingerprint density at radius 2 is 2.03 bits per heavy atom. The first-order valence-electron chi connectivity index (χ1n) is 11.7. The minimum Gasteiger partial charge on any atom is -0.489 e. The third kappa shape index (κ3) is 5.27. The van der Waals surface area contributed by atoms with Crippen LogP contribution in [0.5, 0.6) is 5.75 Å². The lowest BCUT2D eigenvalue weighted by molar-refractivity contribution is 0.0472. The summed E-state index contributed by atoms with van der Waals surface area (Å²) in [6.07, 6.45) is 5.34. The van der Waals surface area contributed by atoms with E-state index in [9.17, 15) is 14.0 Å². The van der Waals surface area contributed by atoms with Crippen molar-refractivity contribution in [2.24, 2.45) is 5.16 Å². The average molecular weight is 502 g/mol. The maximum atomic E-state index is 14.5. The monoisotopic (exact) mass is 501 g/mol. The van der Waals surface area contributed by atoms with E-state index < -0.39 is 11.7 Å². The van der Waals surface area contributed by atoms with Crippen LogP contribution < -0.4 is 15.4 Å².